The van der Waals surface area contributed by atoms with Gasteiger partial charge in [0.1, 0.15) is 6.10 Å². The van der Waals surface area contributed by atoms with Crippen LogP contribution in [0, 0.1) is 0 Å². The maximum atomic E-state index is 6.17. The van der Waals surface area contributed by atoms with E-state index >= 15 is 0 Å². The molecule has 2 aromatic carbocycles. The lowest BCUT2D eigenvalue weighted by atomic mass is 10.2. The predicted octanol–water partition coefficient (Wildman–Crippen LogP) is 4.10. The van der Waals surface area contributed by atoms with Crippen molar-refractivity contribution in [2.75, 3.05) is 20.7 Å². The lowest BCUT2D eigenvalue weighted by Crippen LogP contribution is -2.41. The topological polar surface area (TPSA) is 54.9 Å². The number of nitrogens with zero attached hydrogens (tertiary/aromatic N) is 1. The fourth-order valence-corrected chi connectivity index (χ4v) is 2.46. The number of rotatable bonds is 7. The van der Waals surface area contributed by atoms with Crippen LogP contribution in [0.3, 0.4) is 0 Å². The van der Waals surface area contributed by atoms with E-state index < -0.39 is 0 Å². The fraction of sp³-hybridized carbons (Fsp3) is 0.316. The van der Waals surface area contributed by atoms with Crippen LogP contribution in [0.4, 0.5) is 0 Å². The first kappa shape index (κ1) is 22.4. The van der Waals surface area contributed by atoms with E-state index in [0.717, 1.165) is 22.1 Å². The third-order valence-electron chi connectivity index (χ3n) is 3.58. The first-order valence-electron chi connectivity index (χ1n) is 8.11. The van der Waals surface area contributed by atoms with Crippen molar-refractivity contribution in [2.45, 2.75) is 19.6 Å². The number of para-hydroxylation sites is 2. The Kier molecular flexibility index (Phi) is 10.2. The van der Waals surface area contributed by atoms with Gasteiger partial charge in [0, 0.05) is 18.6 Å². The molecule has 0 aliphatic carbocycles. The molecule has 0 heterocycles. The number of nitrogens with one attached hydrogen (secondary N) is 2. The second-order valence-electron chi connectivity index (χ2n) is 5.48. The molecule has 0 aromatic heterocycles. The molecule has 2 aromatic rings. The molecule has 1 atom stereocenters. The standard InChI is InChI=1S/C19H24ClN3O2.HI/c1-14(25-18-11-7-6-10-17(18)24-3)12-22-19(21-2)23-13-15-8-4-5-9-16(15)20;/h4-11,14H,12-13H2,1-3H3,(H2,21,22,23);1H. The molecule has 0 radical (unpaired) electrons. The van der Waals surface area contributed by atoms with Crippen molar-refractivity contribution in [3.05, 3.63) is 59.1 Å². The van der Waals surface area contributed by atoms with Gasteiger partial charge in [0.05, 0.1) is 13.7 Å². The molecule has 1 unspecified atom stereocenters. The second kappa shape index (κ2) is 11.9. The maximum Gasteiger partial charge on any atom is 0.191 e. The van der Waals surface area contributed by atoms with Crippen molar-refractivity contribution >= 4 is 41.5 Å². The molecule has 0 aliphatic rings. The SMILES string of the molecule is CN=C(NCc1ccccc1Cl)NCC(C)Oc1ccccc1OC.I. The van der Waals surface area contributed by atoms with Gasteiger partial charge in [-0.3, -0.25) is 4.99 Å². The van der Waals surface area contributed by atoms with Gasteiger partial charge >= 0.3 is 0 Å². The quantitative estimate of drug-likeness (QED) is 0.349. The van der Waals surface area contributed by atoms with E-state index in [1.807, 2.05) is 55.5 Å². The van der Waals surface area contributed by atoms with E-state index in [1.54, 1.807) is 14.2 Å². The van der Waals surface area contributed by atoms with Gasteiger partial charge in [-0.15, -0.1) is 24.0 Å². The molecule has 0 saturated carbocycles. The Bertz CT molecular complexity index is 713. The number of hydrogen-bond acceptors (Lipinski definition) is 3. The Morgan fingerprint density at radius 2 is 1.73 bits per heavy atom. The van der Waals surface area contributed by atoms with Gasteiger partial charge in [-0.1, -0.05) is 41.9 Å². The van der Waals surface area contributed by atoms with Crippen molar-refractivity contribution in [2.24, 2.45) is 4.99 Å². The molecule has 0 fully saturated rings. The average Bonchev–Trinajstić information content (AvgIpc) is 2.63. The number of ether oxygens (including phenoxy) is 2. The second-order valence-corrected chi connectivity index (χ2v) is 5.88. The van der Waals surface area contributed by atoms with Crippen molar-refractivity contribution in [3.8, 4) is 11.5 Å². The van der Waals surface area contributed by atoms with Crippen LogP contribution in [0.2, 0.25) is 5.02 Å². The van der Waals surface area contributed by atoms with Crippen molar-refractivity contribution < 1.29 is 9.47 Å². The maximum absolute atomic E-state index is 6.17. The lowest BCUT2D eigenvalue weighted by molar-refractivity contribution is 0.213. The highest BCUT2D eigenvalue weighted by atomic mass is 127. The molecular formula is C19H25ClIN3O2. The van der Waals surface area contributed by atoms with E-state index in [9.17, 15) is 0 Å². The highest BCUT2D eigenvalue weighted by molar-refractivity contribution is 14.0. The predicted molar refractivity (Wildman–Crippen MR) is 118 cm³/mol. The van der Waals surface area contributed by atoms with Crippen LogP contribution in [0.25, 0.3) is 0 Å². The first-order valence-corrected chi connectivity index (χ1v) is 8.49. The summed E-state index contributed by atoms with van der Waals surface area (Å²) >= 11 is 6.17. The minimum atomic E-state index is -0.0600. The molecule has 2 rings (SSSR count). The van der Waals surface area contributed by atoms with Gasteiger partial charge in [-0.05, 0) is 30.7 Å². The van der Waals surface area contributed by atoms with Gasteiger partial charge in [0.15, 0.2) is 17.5 Å². The number of guanidine groups is 1. The minimum absolute atomic E-state index is 0. The number of hydrogen-bond donors (Lipinski definition) is 2. The highest BCUT2D eigenvalue weighted by Gasteiger charge is 2.09. The van der Waals surface area contributed by atoms with E-state index in [1.165, 1.54) is 0 Å². The normalized spacial score (nSPS) is 11.9. The lowest BCUT2D eigenvalue weighted by Gasteiger charge is -2.19. The van der Waals surface area contributed by atoms with Crippen molar-refractivity contribution in [3.63, 3.8) is 0 Å². The zero-order chi connectivity index (χ0) is 18.1. The van der Waals surface area contributed by atoms with Gasteiger partial charge in [-0.25, -0.2) is 0 Å². The first-order chi connectivity index (χ1) is 12.1. The van der Waals surface area contributed by atoms with E-state index in [2.05, 4.69) is 15.6 Å². The third-order valence-corrected chi connectivity index (χ3v) is 3.95. The van der Waals surface area contributed by atoms with Crippen molar-refractivity contribution in [1.29, 1.82) is 0 Å². The van der Waals surface area contributed by atoms with E-state index in [4.69, 9.17) is 21.1 Å². The van der Waals surface area contributed by atoms with E-state index in [0.29, 0.717) is 19.0 Å². The Morgan fingerprint density at radius 3 is 2.38 bits per heavy atom. The summed E-state index contributed by atoms with van der Waals surface area (Å²) in [5, 5.41) is 7.22. The van der Waals surface area contributed by atoms with E-state index in [-0.39, 0.29) is 30.1 Å². The van der Waals surface area contributed by atoms with Gasteiger partial charge in [0.2, 0.25) is 0 Å². The smallest absolute Gasteiger partial charge is 0.191 e. The summed E-state index contributed by atoms with van der Waals surface area (Å²) < 4.78 is 11.2. The Hall–Kier alpha value is -1.67. The Labute approximate surface area is 177 Å². The van der Waals surface area contributed by atoms with Gasteiger partial charge in [0.25, 0.3) is 0 Å². The summed E-state index contributed by atoms with van der Waals surface area (Å²) in [7, 11) is 3.36. The van der Waals surface area contributed by atoms with Crippen LogP contribution in [0.5, 0.6) is 11.5 Å². The molecule has 0 spiro atoms. The largest absolute Gasteiger partial charge is 0.493 e. The molecule has 142 valence electrons. The zero-order valence-electron chi connectivity index (χ0n) is 15.2. The highest BCUT2D eigenvalue weighted by Crippen LogP contribution is 2.26. The fourth-order valence-electron chi connectivity index (χ4n) is 2.26. The monoisotopic (exact) mass is 489 g/mol. The van der Waals surface area contributed by atoms with Crippen LogP contribution < -0.4 is 20.1 Å². The third kappa shape index (κ3) is 6.92. The number of aliphatic imine (C=N–C) groups is 1. The Morgan fingerprint density at radius 1 is 1.08 bits per heavy atom. The van der Waals surface area contributed by atoms with Crippen LogP contribution in [0.15, 0.2) is 53.5 Å². The molecule has 7 heteroatoms. The zero-order valence-corrected chi connectivity index (χ0v) is 18.2. The summed E-state index contributed by atoms with van der Waals surface area (Å²) in [6.45, 7) is 3.18. The van der Waals surface area contributed by atoms with Gasteiger partial charge in [-0.2, -0.15) is 0 Å². The van der Waals surface area contributed by atoms with Crippen LogP contribution >= 0.6 is 35.6 Å². The van der Waals surface area contributed by atoms with Crippen molar-refractivity contribution in [1.82, 2.24) is 10.6 Å². The summed E-state index contributed by atoms with van der Waals surface area (Å²) in [5.74, 6) is 2.13. The average molecular weight is 490 g/mol. The molecule has 0 bridgehead atoms. The summed E-state index contributed by atoms with van der Waals surface area (Å²) in [4.78, 5) is 4.22. The number of methoxy groups -OCH3 is 1. The van der Waals surface area contributed by atoms with Crippen LogP contribution in [0.1, 0.15) is 12.5 Å². The summed E-state index contributed by atoms with van der Waals surface area (Å²) in [5.41, 5.74) is 1.02. The molecule has 5 nitrogen and oxygen atoms in total. The number of halogens is 2. The molecule has 0 saturated heterocycles. The number of benzene rings is 2. The molecular weight excluding hydrogens is 465 g/mol. The summed E-state index contributed by atoms with van der Waals surface area (Å²) in [6.07, 6.45) is -0.0600. The summed E-state index contributed by atoms with van der Waals surface area (Å²) in [6, 6.07) is 15.3. The molecule has 0 aliphatic heterocycles. The molecule has 2 N–H and O–H groups in total. The Balaban J connectivity index is 0.00000338. The molecule has 26 heavy (non-hydrogen) atoms. The molecule has 0 amide bonds. The van der Waals surface area contributed by atoms with Gasteiger partial charge < -0.3 is 20.1 Å². The van der Waals surface area contributed by atoms with Crippen LogP contribution in [-0.4, -0.2) is 32.8 Å². The van der Waals surface area contributed by atoms with Crippen LogP contribution in [-0.2, 0) is 6.54 Å². The minimum Gasteiger partial charge on any atom is -0.493 e.